The molecule has 0 aliphatic carbocycles. The summed E-state index contributed by atoms with van der Waals surface area (Å²) in [7, 11) is 0. The number of nitrogens with two attached hydrogens (primary N) is 1. The minimum absolute atomic E-state index is 0.334. The van der Waals surface area contributed by atoms with E-state index in [1.165, 1.54) is 0 Å². The van der Waals surface area contributed by atoms with Crippen LogP contribution < -0.4 is 16.5 Å². The van der Waals surface area contributed by atoms with Crippen LogP contribution in [-0.4, -0.2) is 17.0 Å². The van der Waals surface area contributed by atoms with Crippen molar-refractivity contribution in [1.82, 2.24) is 10.8 Å². The zero-order valence-corrected chi connectivity index (χ0v) is 12.3. The smallest absolute Gasteiger partial charge is 0.270 e. The number of carbonyl (C=O) groups is 2. The summed E-state index contributed by atoms with van der Waals surface area (Å²) in [6, 6.07) is 14.2. The van der Waals surface area contributed by atoms with Gasteiger partial charge >= 0.3 is 0 Å². The Bertz CT molecular complexity index is 729. The average molecular weight is 311 g/mol. The molecule has 118 valence electrons. The largest absolute Gasteiger partial charge is 0.399 e. The Balaban J connectivity index is 2.26. The van der Waals surface area contributed by atoms with Gasteiger partial charge in [-0.2, -0.15) is 0 Å². The third kappa shape index (κ3) is 3.96. The minimum Gasteiger partial charge on any atom is -0.399 e. The molecule has 0 bridgehead atoms. The fourth-order valence-corrected chi connectivity index (χ4v) is 2.08. The van der Waals surface area contributed by atoms with Gasteiger partial charge < -0.3 is 11.1 Å². The number of rotatable bonds is 5. The van der Waals surface area contributed by atoms with E-state index in [1.54, 1.807) is 60.1 Å². The lowest BCUT2D eigenvalue weighted by atomic mass is 10.0. The quantitative estimate of drug-likeness (QED) is 0.497. The highest BCUT2D eigenvalue weighted by atomic mass is 16.5. The minimum atomic E-state index is -1.02. The summed E-state index contributed by atoms with van der Waals surface area (Å²) >= 11 is 0. The second-order valence-corrected chi connectivity index (χ2v) is 4.90. The Morgan fingerprint density at radius 3 is 2.30 bits per heavy atom. The van der Waals surface area contributed by atoms with Crippen LogP contribution in [0.3, 0.4) is 0 Å². The highest BCUT2D eigenvalue weighted by Gasteiger charge is 2.22. The number of benzene rings is 2. The van der Waals surface area contributed by atoms with Crippen LogP contribution in [0.2, 0.25) is 0 Å². The van der Waals surface area contributed by atoms with Crippen molar-refractivity contribution in [1.29, 1.82) is 0 Å². The van der Waals surface area contributed by atoms with E-state index in [0.717, 1.165) is 0 Å². The standard InChI is InChI=1S/C17H17N3O3/c1-11(18)13-8-5-9-14(10-13)16(21)19-15(17(22)20-23)12-6-3-2-4-7-12/h2-10,15,23H,1,18H2,(H,19,21)(H,20,22). The third-order valence-electron chi connectivity index (χ3n) is 3.28. The molecule has 0 radical (unpaired) electrons. The van der Waals surface area contributed by atoms with E-state index in [-0.39, 0.29) is 0 Å². The van der Waals surface area contributed by atoms with Gasteiger partial charge in [0, 0.05) is 11.3 Å². The fourth-order valence-electron chi connectivity index (χ4n) is 2.08. The van der Waals surface area contributed by atoms with Crippen molar-refractivity contribution in [2.24, 2.45) is 5.73 Å². The molecular weight excluding hydrogens is 294 g/mol. The number of nitrogens with one attached hydrogen (secondary N) is 2. The van der Waals surface area contributed by atoms with Crippen LogP contribution in [0, 0.1) is 0 Å². The van der Waals surface area contributed by atoms with Crippen LogP contribution in [0.1, 0.15) is 27.5 Å². The van der Waals surface area contributed by atoms with Gasteiger partial charge in [-0.05, 0) is 23.3 Å². The van der Waals surface area contributed by atoms with E-state index < -0.39 is 17.9 Å². The summed E-state index contributed by atoms with van der Waals surface area (Å²) in [5.41, 5.74) is 9.03. The van der Waals surface area contributed by atoms with Crippen molar-refractivity contribution in [3.05, 3.63) is 77.9 Å². The van der Waals surface area contributed by atoms with E-state index in [9.17, 15) is 9.59 Å². The molecule has 0 spiro atoms. The van der Waals surface area contributed by atoms with Gasteiger partial charge in [-0.3, -0.25) is 14.8 Å². The Labute approximate surface area is 133 Å². The maximum atomic E-state index is 12.4. The van der Waals surface area contributed by atoms with Gasteiger partial charge in [0.25, 0.3) is 11.8 Å². The fraction of sp³-hybridized carbons (Fsp3) is 0.0588. The molecule has 6 nitrogen and oxygen atoms in total. The third-order valence-corrected chi connectivity index (χ3v) is 3.28. The summed E-state index contributed by atoms with van der Waals surface area (Å²) in [6.45, 7) is 3.62. The molecule has 1 unspecified atom stereocenters. The lowest BCUT2D eigenvalue weighted by Crippen LogP contribution is -2.39. The molecule has 2 aromatic carbocycles. The molecule has 0 aliphatic rings. The molecule has 2 amide bonds. The maximum absolute atomic E-state index is 12.4. The summed E-state index contributed by atoms with van der Waals surface area (Å²) in [5.74, 6) is -1.20. The molecule has 6 heteroatoms. The molecule has 2 aromatic rings. The summed E-state index contributed by atoms with van der Waals surface area (Å²) in [4.78, 5) is 24.2. The molecule has 0 aliphatic heterocycles. The number of amides is 2. The highest BCUT2D eigenvalue weighted by Crippen LogP contribution is 2.15. The first kappa shape index (κ1) is 16.3. The van der Waals surface area contributed by atoms with Crippen molar-refractivity contribution in [3.8, 4) is 0 Å². The van der Waals surface area contributed by atoms with Crippen molar-refractivity contribution < 1.29 is 14.8 Å². The molecular formula is C17H17N3O3. The monoisotopic (exact) mass is 311 g/mol. The summed E-state index contributed by atoms with van der Waals surface area (Å²) in [5, 5.41) is 11.5. The van der Waals surface area contributed by atoms with Crippen LogP contribution in [0.25, 0.3) is 5.70 Å². The van der Waals surface area contributed by atoms with Gasteiger partial charge in [-0.15, -0.1) is 0 Å². The van der Waals surface area contributed by atoms with Gasteiger partial charge in [0.15, 0.2) is 0 Å². The highest BCUT2D eigenvalue weighted by molar-refractivity contribution is 5.98. The normalized spacial score (nSPS) is 11.3. The Kier molecular flexibility index (Phi) is 5.11. The molecule has 5 N–H and O–H groups in total. The van der Waals surface area contributed by atoms with Gasteiger partial charge in [-0.25, -0.2) is 5.48 Å². The van der Waals surface area contributed by atoms with Crippen LogP contribution in [0.4, 0.5) is 0 Å². The number of hydrogen-bond acceptors (Lipinski definition) is 4. The molecule has 0 aromatic heterocycles. The number of hydroxylamine groups is 1. The molecule has 0 saturated heterocycles. The van der Waals surface area contributed by atoms with Gasteiger partial charge in [0.05, 0.1) is 0 Å². The van der Waals surface area contributed by atoms with Gasteiger partial charge in [0.1, 0.15) is 6.04 Å². The van der Waals surface area contributed by atoms with Crippen molar-refractivity contribution in [3.63, 3.8) is 0 Å². The zero-order valence-electron chi connectivity index (χ0n) is 12.3. The molecule has 1 atom stereocenters. The summed E-state index contributed by atoms with van der Waals surface area (Å²) in [6.07, 6.45) is 0. The van der Waals surface area contributed by atoms with E-state index >= 15 is 0 Å². The topological polar surface area (TPSA) is 104 Å². The van der Waals surface area contributed by atoms with Crippen molar-refractivity contribution >= 4 is 17.5 Å². The van der Waals surface area contributed by atoms with Crippen LogP contribution in [0.5, 0.6) is 0 Å². The summed E-state index contributed by atoms with van der Waals surface area (Å²) < 4.78 is 0. The Morgan fingerprint density at radius 1 is 1.04 bits per heavy atom. The molecule has 0 saturated carbocycles. The van der Waals surface area contributed by atoms with Gasteiger partial charge in [0.2, 0.25) is 0 Å². The Morgan fingerprint density at radius 2 is 1.70 bits per heavy atom. The van der Waals surface area contributed by atoms with Crippen LogP contribution >= 0.6 is 0 Å². The zero-order chi connectivity index (χ0) is 16.8. The van der Waals surface area contributed by atoms with Crippen molar-refractivity contribution in [2.45, 2.75) is 6.04 Å². The van der Waals surface area contributed by atoms with E-state index in [0.29, 0.717) is 22.4 Å². The van der Waals surface area contributed by atoms with Gasteiger partial charge in [-0.1, -0.05) is 49.0 Å². The van der Waals surface area contributed by atoms with Crippen LogP contribution in [-0.2, 0) is 4.79 Å². The average Bonchev–Trinajstić information content (AvgIpc) is 2.59. The number of hydrogen-bond donors (Lipinski definition) is 4. The molecule has 0 heterocycles. The van der Waals surface area contributed by atoms with Crippen LogP contribution in [0.15, 0.2) is 61.2 Å². The van der Waals surface area contributed by atoms with E-state index in [1.807, 2.05) is 0 Å². The van der Waals surface area contributed by atoms with E-state index in [4.69, 9.17) is 10.9 Å². The first-order valence-corrected chi connectivity index (χ1v) is 6.87. The second-order valence-electron chi connectivity index (χ2n) is 4.90. The van der Waals surface area contributed by atoms with Crippen molar-refractivity contribution in [2.75, 3.05) is 0 Å². The molecule has 0 fully saturated rings. The first-order valence-electron chi connectivity index (χ1n) is 6.87. The lowest BCUT2D eigenvalue weighted by molar-refractivity contribution is -0.131. The predicted octanol–water partition coefficient (Wildman–Crippen LogP) is 1.59. The lowest BCUT2D eigenvalue weighted by Gasteiger charge is -2.17. The predicted molar refractivity (Wildman–Crippen MR) is 86.2 cm³/mol. The molecule has 23 heavy (non-hydrogen) atoms. The Hall–Kier alpha value is -3.12. The second kappa shape index (κ2) is 7.24. The SMILES string of the molecule is C=C(N)c1cccc(C(=O)NC(C(=O)NO)c2ccccc2)c1. The first-order chi connectivity index (χ1) is 11.0. The van der Waals surface area contributed by atoms with E-state index in [2.05, 4.69) is 11.9 Å². The maximum Gasteiger partial charge on any atom is 0.270 e. The molecule has 2 rings (SSSR count). The number of carbonyl (C=O) groups excluding carboxylic acids is 2.